The van der Waals surface area contributed by atoms with Crippen molar-refractivity contribution >= 4 is 33.1 Å². The van der Waals surface area contributed by atoms with E-state index in [1.807, 2.05) is 0 Å². The second-order valence-corrected chi connectivity index (χ2v) is 17.7. The van der Waals surface area contributed by atoms with E-state index in [1.54, 1.807) is 16.8 Å². The van der Waals surface area contributed by atoms with Crippen LogP contribution in [-0.2, 0) is 44.0 Å². The second-order valence-electron chi connectivity index (χ2n) is 16.9. The van der Waals surface area contributed by atoms with Gasteiger partial charge in [-0.2, -0.15) is 51.1 Å². The number of nitrogens with zero attached hydrogens (tertiary/aromatic N) is 3. The summed E-state index contributed by atoms with van der Waals surface area (Å²) in [6.07, 6.45) is 0. The Hall–Kier alpha value is -3.02. The van der Waals surface area contributed by atoms with Crippen LogP contribution in [-0.4, -0.2) is 10.2 Å². The van der Waals surface area contributed by atoms with Crippen molar-refractivity contribution in [1.29, 1.82) is 0 Å². The Morgan fingerprint density at radius 3 is 1.57 bits per heavy atom. The summed E-state index contributed by atoms with van der Waals surface area (Å²) in [7, 11) is 0. The molecule has 2 aromatic heterocycles. The maximum atomic E-state index is 5.28. The van der Waals surface area contributed by atoms with Gasteiger partial charge in [-0.25, -0.2) is 0 Å². The third kappa shape index (κ3) is 7.08. The van der Waals surface area contributed by atoms with Gasteiger partial charge in [-0.15, -0.1) is 45.7 Å². The molecule has 0 aliphatic rings. The van der Waals surface area contributed by atoms with Crippen molar-refractivity contribution in [3.05, 3.63) is 94.5 Å². The summed E-state index contributed by atoms with van der Waals surface area (Å²) in [4.78, 5) is 5.28. The summed E-state index contributed by atoms with van der Waals surface area (Å²) in [5.41, 5.74) is 14.0. The molecule has 0 saturated carbocycles. The van der Waals surface area contributed by atoms with Gasteiger partial charge >= 0.3 is 22.4 Å². The minimum Gasteiger partial charge on any atom is -0.663 e. The van der Waals surface area contributed by atoms with E-state index < -0.39 is 0 Å². The first-order valence-corrected chi connectivity index (χ1v) is 17.2. The number of aromatic nitrogens is 3. The molecule has 3 nitrogen and oxygen atoms in total. The molecule has 0 unspecified atom stereocenters. The summed E-state index contributed by atoms with van der Waals surface area (Å²) in [6, 6.07) is 28.2. The van der Waals surface area contributed by atoms with Crippen molar-refractivity contribution in [3.63, 3.8) is 0 Å². The van der Waals surface area contributed by atoms with Crippen LogP contribution in [0.15, 0.2) is 60.1 Å². The molecule has 0 saturated heterocycles. The molecule has 0 N–H and O–H groups in total. The number of hydrogen-bond acceptors (Lipinski definition) is 3. The van der Waals surface area contributed by atoms with E-state index in [9.17, 15) is 0 Å². The topological polar surface area (TPSA) is 39.9 Å². The van der Waals surface area contributed by atoms with Gasteiger partial charge in [0.05, 0.1) is 10.5 Å². The van der Waals surface area contributed by atoms with E-state index in [0.717, 1.165) is 43.9 Å². The molecule has 4 aromatic carbocycles. The first-order valence-electron chi connectivity index (χ1n) is 16.3. The summed E-state index contributed by atoms with van der Waals surface area (Å²) in [5, 5.41) is 11.8. The maximum Gasteiger partial charge on any atom is 3.00 e. The van der Waals surface area contributed by atoms with Gasteiger partial charge in [-0.3, -0.25) is 0 Å². The predicted octanol–water partition coefficient (Wildman–Crippen LogP) is 11.6. The summed E-state index contributed by atoms with van der Waals surface area (Å²) >= 11 is 1.54. The van der Waals surface area contributed by atoms with Crippen LogP contribution in [0.25, 0.3) is 54.6 Å². The van der Waals surface area contributed by atoms with Crippen LogP contribution in [0.3, 0.4) is 0 Å². The predicted molar refractivity (Wildman–Crippen MR) is 197 cm³/mol. The molecule has 2 heterocycles. The SMILES string of the molecule is CC(C)(C)c1cc(-c2[c-]c(-c3cc(C(C)(C)C)cc4c3[n-]c3ccc(C(C)(C)C)cc34)cc(C(C)(C)C)c2)[c-]c(-c2nncs2)c1.[Au+3]. The van der Waals surface area contributed by atoms with Crippen LogP contribution >= 0.6 is 11.3 Å². The Labute approximate surface area is 301 Å². The van der Waals surface area contributed by atoms with E-state index in [1.165, 1.54) is 33.0 Å². The van der Waals surface area contributed by atoms with E-state index in [2.05, 4.69) is 160 Å². The van der Waals surface area contributed by atoms with Crippen molar-refractivity contribution < 1.29 is 22.4 Å². The van der Waals surface area contributed by atoms with Crippen molar-refractivity contribution in [2.45, 2.75) is 105 Å². The van der Waals surface area contributed by atoms with Gasteiger partial charge in [0.2, 0.25) is 0 Å². The zero-order valence-electron chi connectivity index (χ0n) is 29.8. The van der Waals surface area contributed by atoms with Crippen LogP contribution in [0.5, 0.6) is 0 Å². The molecule has 246 valence electrons. The van der Waals surface area contributed by atoms with Crippen LogP contribution in [0.1, 0.15) is 105 Å². The first kappa shape index (κ1) is 35.3. The third-order valence-electron chi connectivity index (χ3n) is 9.00. The molecule has 0 amide bonds. The van der Waals surface area contributed by atoms with Crippen LogP contribution in [0.4, 0.5) is 0 Å². The minimum atomic E-state index is -0.0746. The average molecular weight is 822 g/mol. The molecule has 6 rings (SSSR count). The van der Waals surface area contributed by atoms with Crippen LogP contribution < -0.4 is 4.98 Å². The second kappa shape index (κ2) is 12.1. The van der Waals surface area contributed by atoms with Crippen LogP contribution in [0.2, 0.25) is 0 Å². The Kier molecular flexibility index (Phi) is 9.12. The van der Waals surface area contributed by atoms with Gasteiger partial charge < -0.3 is 4.98 Å². The number of rotatable bonds is 3. The zero-order valence-corrected chi connectivity index (χ0v) is 32.8. The standard InChI is InChI=1S/C42H46N3S.Au/c1-39(2,3)29-13-14-36-34(21-29)35-23-32(42(10,11)12)22-33(37(35)44-36)27-15-25(17-30(19-27)40(4,5)6)26-16-28(38-45-43-24-46-38)20-31(18-26)41(7,8)9;/h13-14,17-24H,1-12H3;/q-3;+3. The molecule has 5 heteroatoms. The minimum absolute atomic E-state index is 0. The fourth-order valence-corrected chi connectivity index (χ4v) is 6.41. The number of hydrogen-bond donors (Lipinski definition) is 0. The summed E-state index contributed by atoms with van der Waals surface area (Å²) < 4.78 is 0. The Balaban J connectivity index is 0.00000433. The van der Waals surface area contributed by atoms with Crippen molar-refractivity contribution in [2.24, 2.45) is 0 Å². The van der Waals surface area contributed by atoms with Crippen molar-refractivity contribution in [1.82, 2.24) is 15.2 Å². The molecule has 0 spiro atoms. The zero-order chi connectivity index (χ0) is 33.4. The Bertz CT molecular complexity index is 2070. The smallest absolute Gasteiger partial charge is 0.663 e. The largest absolute Gasteiger partial charge is 3.00 e. The molecular formula is C42H46AuN3S. The molecule has 0 aliphatic carbocycles. The van der Waals surface area contributed by atoms with Crippen molar-refractivity contribution in [3.8, 4) is 32.8 Å². The van der Waals surface area contributed by atoms with Gasteiger partial charge in [0.1, 0.15) is 0 Å². The van der Waals surface area contributed by atoms with Gasteiger partial charge in [0.25, 0.3) is 0 Å². The summed E-state index contributed by atoms with van der Waals surface area (Å²) in [6.45, 7) is 27.3. The maximum absolute atomic E-state index is 5.28. The molecule has 6 aromatic rings. The van der Waals surface area contributed by atoms with Gasteiger partial charge in [-0.1, -0.05) is 125 Å². The molecule has 0 fully saturated rings. The molecular weight excluding hydrogens is 776 g/mol. The van der Waals surface area contributed by atoms with Gasteiger partial charge in [0, 0.05) is 0 Å². The van der Waals surface area contributed by atoms with Crippen LogP contribution in [0, 0.1) is 12.1 Å². The Morgan fingerprint density at radius 1 is 0.553 bits per heavy atom. The number of fused-ring (bicyclic) bond motifs is 3. The quantitative estimate of drug-likeness (QED) is 0.132. The van der Waals surface area contributed by atoms with Gasteiger partial charge in [-0.05, 0) is 43.6 Å². The molecule has 0 bridgehead atoms. The first-order chi connectivity index (χ1) is 21.3. The van der Waals surface area contributed by atoms with E-state index >= 15 is 0 Å². The molecule has 0 radical (unpaired) electrons. The van der Waals surface area contributed by atoms with E-state index in [0.29, 0.717) is 0 Å². The fourth-order valence-electron chi connectivity index (χ4n) is 5.88. The molecule has 47 heavy (non-hydrogen) atoms. The summed E-state index contributed by atoms with van der Waals surface area (Å²) in [5.74, 6) is 0. The van der Waals surface area contributed by atoms with E-state index in [-0.39, 0.29) is 44.0 Å². The Morgan fingerprint density at radius 2 is 1.04 bits per heavy atom. The van der Waals surface area contributed by atoms with Crippen molar-refractivity contribution in [2.75, 3.05) is 0 Å². The normalized spacial score (nSPS) is 12.9. The average Bonchev–Trinajstić information content (AvgIpc) is 3.62. The third-order valence-corrected chi connectivity index (χ3v) is 9.73. The molecule has 0 aliphatic heterocycles. The fraction of sp³-hybridized carbons (Fsp3) is 0.381. The molecule has 0 atom stereocenters. The van der Waals surface area contributed by atoms with E-state index in [4.69, 9.17) is 4.98 Å². The monoisotopic (exact) mass is 821 g/mol. The number of benzene rings is 4. The van der Waals surface area contributed by atoms with Gasteiger partial charge in [0.15, 0.2) is 0 Å².